The number of halogens is 6. The summed E-state index contributed by atoms with van der Waals surface area (Å²) in [6, 6.07) is 2.28. The number of anilines is 1. The highest BCUT2D eigenvalue weighted by Gasteiger charge is 2.41. The third-order valence-electron chi connectivity index (χ3n) is 4.72. The Morgan fingerprint density at radius 1 is 1.03 bits per heavy atom. The summed E-state index contributed by atoms with van der Waals surface area (Å²) in [5.74, 6) is -4.07. The van der Waals surface area contributed by atoms with Crippen LogP contribution in [-0.4, -0.2) is 95.3 Å². The van der Waals surface area contributed by atoms with Gasteiger partial charge in [0, 0.05) is 38.0 Å². The molecule has 2 aliphatic rings. The largest absolute Gasteiger partial charge is 0.490 e. The van der Waals surface area contributed by atoms with Crippen molar-refractivity contribution in [2.75, 3.05) is 38.7 Å². The van der Waals surface area contributed by atoms with Gasteiger partial charge < -0.3 is 24.7 Å². The van der Waals surface area contributed by atoms with Crippen LogP contribution in [0.25, 0.3) is 0 Å². The molecule has 33 heavy (non-hydrogen) atoms. The number of hydrogen-bond donors (Lipinski definition) is 2. The number of aliphatic carboxylic acids is 2. The van der Waals surface area contributed by atoms with Crippen molar-refractivity contribution < 1.29 is 50.9 Å². The van der Waals surface area contributed by atoms with E-state index in [9.17, 15) is 26.3 Å². The Morgan fingerprint density at radius 3 is 1.94 bits per heavy atom. The van der Waals surface area contributed by atoms with Crippen LogP contribution in [0.3, 0.4) is 0 Å². The van der Waals surface area contributed by atoms with Crippen LogP contribution in [-0.2, 0) is 14.3 Å². The fraction of sp³-hybridized carbons (Fsp3) is 0.667. The maximum atomic E-state index is 10.6. The van der Waals surface area contributed by atoms with E-state index < -0.39 is 24.3 Å². The summed E-state index contributed by atoms with van der Waals surface area (Å²) in [7, 11) is 4.27. The van der Waals surface area contributed by atoms with Crippen molar-refractivity contribution in [1.82, 2.24) is 14.9 Å². The molecule has 0 saturated carbocycles. The standard InChI is InChI=1S/C14H22N4O.2C2HF3O2/c1-17(2)12-10-18(14-15-6-4-7-16-14)9-11-5-3-8-19-13(11)12;2*3-2(4,5)1(6)7/h4,6-7,11-13H,3,5,8-10H2,1-2H3;2*(H,6,7)/t11-,12+,13-;;/m0../s1. The van der Waals surface area contributed by atoms with Crippen molar-refractivity contribution in [3.05, 3.63) is 18.5 Å². The molecule has 0 spiro atoms. The zero-order chi connectivity index (χ0) is 25.4. The highest BCUT2D eigenvalue weighted by Crippen LogP contribution is 2.31. The second-order valence-corrected chi connectivity index (χ2v) is 7.33. The van der Waals surface area contributed by atoms with E-state index in [1.54, 1.807) is 0 Å². The predicted molar refractivity (Wildman–Crippen MR) is 102 cm³/mol. The van der Waals surface area contributed by atoms with E-state index in [2.05, 4.69) is 33.9 Å². The van der Waals surface area contributed by atoms with Crippen LogP contribution < -0.4 is 4.90 Å². The van der Waals surface area contributed by atoms with Crippen LogP contribution in [0.4, 0.5) is 32.3 Å². The van der Waals surface area contributed by atoms with Crippen molar-refractivity contribution in [3.8, 4) is 0 Å². The van der Waals surface area contributed by atoms with Crippen molar-refractivity contribution in [1.29, 1.82) is 0 Å². The number of alkyl halides is 6. The molecule has 9 nitrogen and oxygen atoms in total. The van der Waals surface area contributed by atoms with E-state index in [1.807, 2.05) is 18.5 Å². The van der Waals surface area contributed by atoms with E-state index in [4.69, 9.17) is 24.5 Å². The van der Waals surface area contributed by atoms with Gasteiger partial charge in [-0.25, -0.2) is 19.6 Å². The Kier molecular flexibility index (Phi) is 10.3. The zero-order valence-electron chi connectivity index (χ0n) is 17.7. The molecule has 2 N–H and O–H groups in total. The molecule has 2 saturated heterocycles. The number of carboxylic acids is 2. The number of piperidine rings is 1. The zero-order valence-corrected chi connectivity index (χ0v) is 17.7. The first-order chi connectivity index (χ1) is 15.1. The van der Waals surface area contributed by atoms with Gasteiger partial charge in [0.15, 0.2) is 0 Å². The number of rotatable bonds is 2. The summed E-state index contributed by atoms with van der Waals surface area (Å²) in [4.78, 5) is 31.2. The average Bonchev–Trinajstić information content (AvgIpc) is 2.73. The fourth-order valence-electron chi connectivity index (χ4n) is 3.25. The lowest BCUT2D eigenvalue weighted by Crippen LogP contribution is -2.60. The first kappa shape index (κ1) is 28.4. The minimum Gasteiger partial charge on any atom is -0.475 e. The fourth-order valence-corrected chi connectivity index (χ4v) is 3.25. The van der Waals surface area contributed by atoms with Crippen LogP contribution in [0, 0.1) is 5.92 Å². The van der Waals surface area contributed by atoms with Gasteiger partial charge in [-0.15, -0.1) is 0 Å². The Morgan fingerprint density at radius 2 is 1.52 bits per heavy atom. The molecule has 3 rings (SSSR count). The quantitative estimate of drug-likeness (QED) is 0.603. The number of carbonyl (C=O) groups is 2. The van der Waals surface area contributed by atoms with E-state index in [1.165, 1.54) is 12.8 Å². The van der Waals surface area contributed by atoms with Gasteiger partial charge in [-0.2, -0.15) is 26.3 Å². The Labute approximate surface area is 185 Å². The lowest BCUT2D eigenvalue weighted by atomic mass is 9.85. The Hall–Kier alpha value is -2.68. The lowest BCUT2D eigenvalue weighted by Gasteiger charge is -2.47. The first-order valence-electron chi connectivity index (χ1n) is 9.54. The van der Waals surface area contributed by atoms with Gasteiger partial charge in [0.25, 0.3) is 0 Å². The van der Waals surface area contributed by atoms with Crippen molar-refractivity contribution in [3.63, 3.8) is 0 Å². The normalized spacial score (nSPS) is 22.8. The van der Waals surface area contributed by atoms with Crippen molar-refractivity contribution >= 4 is 17.9 Å². The van der Waals surface area contributed by atoms with E-state index in [0.29, 0.717) is 18.1 Å². The molecule has 0 bridgehead atoms. The third-order valence-corrected chi connectivity index (χ3v) is 4.72. The topological polar surface area (TPSA) is 116 Å². The molecule has 0 aromatic carbocycles. The van der Waals surface area contributed by atoms with Gasteiger partial charge in [0.2, 0.25) is 5.95 Å². The molecule has 1 aromatic heterocycles. The Bertz CT molecular complexity index is 739. The SMILES string of the molecule is CN(C)[C@@H]1CN(c2ncccn2)C[C@@H]2CCCO[C@@H]21.O=C(O)C(F)(F)F.O=C(O)C(F)(F)F. The van der Waals surface area contributed by atoms with E-state index >= 15 is 0 Å². The van der Waals surface area contributed by atoms with Gasteiger partial charge in [-0.1, -0.05) is 0 Å². The summed E-state index contributed by atoms with van der Waals surface area (Å²) in [5, 5.41) is 14.2. The number of likely N-dealkylation sites (N-methyl/N-ethyl adjacent to an activating group) is 1. The van der Waals surface area contributed by atoms with Gasteiger partial charge >= 0.3 is 24.3 Å². The Balaban J connectivity index is 0.000000324. The maximum absolute atomic E-state index is 10.6. The molecule has 0 radical (unpaired) electrons. The summed E-state index contributed by atoms with van der Waals surface area (Å²) in [6.45, 7) is 2.87. The van der Waals surface area contributed by atoms with Gasteiger partial charge in [0.1, 0.15) is 0 Å². The molecule has 2 fully saturated rings. The molecular formula is C18H24F6N4O5. The van der Waals surface area contributed by atoms with Crippen molar-refractivity contribution in [2.45, 2.75) is 37.3 Å². The summed E-state index contributed by atoms with van der Waals surface area (Å²) >= 11 is 0. The molecule has 2 aliphatic heterocycles. The first-order valence-corrected chi connectivity index (χ1v) is 9.54. The summed E-state index contributed by atoms with van der Waals surface area (Å²) in [6.07, 6.45) is -3.75. The number of aromatic nitrogens is 2. The van der Waals surface area contributed by atoms with Crippen LogP contribution in [0.1, 0.15) is 12.8 Å². The van der Waals surface area contributed by atoms with Crippen LogP contribution in [0.5, 0.6) is 0 Å². The second-order valence-electron chi connectivity index (χ2n) is 7.33. The summed E-state index contributed by atoms with van der Waals surface area (Å²) < 4.78 is 69.5. The predicted octanol–water partition coefficient (Wildman–Crippen LogP) is 2.29. The molecule has 3 atom stereocenters. The highest BCUT2D eigenvalue weighted by atomic mass is 19.4. The molecule has 15 heteroatoms. The molecular weight excluding hydrogens is 466 g/mol. The van der Waals surface area contributed by atoms with E-state index in [-0.39, 0.29) is 0 Å². The minimum absolute atomic E-state index is 0.365. The van der Waals surface area contributed by atoms with Crippen molar-refractivity contribution in [2.24, 2.45) is 5.92 Å². The average molecular weight is 490 g/mol. The molecule has 188 valence electrons. The number of ether oxygens (including phenoxy) is 1. The molecule has 0 aliphatic carbocycles. The summed E-state index contributed by atoms with van der Waals surface area (Å²) in [5.41, 5.74) is 0. The maximum Gasteiger partial charge on any atom is 0.490 e. The number of fused-ring (bicyclic) bond motifs is 1. The van der Waals surface area contributed by atoms with Crippen LogP contribution in [0.2, 0.25) is 0 Å². The highest BCUT2D eigenvalue weighted by molar-refractivity contribution is 5.73. The molecule has 3 heterocycles. The number of carboxylic acid groups (broad SMARTS) is 2. The monoisotopic (exact) mass is 490 g/mol. The third kappa shape index (κ3) is 9.37. The smallest absolute Gasteiger partial charge is 0.475 e. The van der Waals surface area contributed by atoms with Gasteiger partial charge in [0.05, 0.1) is 12.1 Å². The van der Waals surface area contributed by atoms with Crippen LogP contribution in [0.15, 0.2) is 18.5 Å². The second kappa shape index (κ2) is 12.0. The number of hydrogen-bond acceptors (Lipinski definition) is 7. The lowest BCUT2D eigenvalue weighted by molar-refractivity contribution is -0.193. The van der Waals surface area contributed by atoms with Crippen LogP contribution >= 0.6 is 0 Å². The molecule has 0 amide bonds. The van der Waals surface area contributed by atoms with Gasteiger partial charge in [-0.3, -0.25) is 0 Å². The number of nitrogens with zero attached hydrogens (tertiary/aromatic N) is 4. The van der Waals surface area contributed by atoms with Gasteiger partial charge in [-0.05, 0) is 33.0 Å². The molecule has 0 unspecified atom stereocenters. The molecule has 1 aromatic rings. The minimum atomic E-state index is -5.08. The van der Waals surface area contributed by atoms with E-state index in [0.717, 1.165) is 25.6 Å².